The molecular formula is C11H25N3O3S. The smallest absolute Gasteiger partial charge is 0.282 e. The number of aliphatic hydroxyl groups is 1. The van der Waals surface area contributed by atoms with Gasteiger partial charge in [-0.3, -0.25) is 0 Å². The van der Waals surface area contributed by atoms with Crippen molar-refractivity contribution in [2.75, 3.05) is 46.8 Å². The first-order chi connectivity index (χ1) is 8.25. The largest absolute Gasteiger partial charge is 0.387 e. The fourth-order valence-corrected chi connectivity index (χ4v) is 4.15. The highest BCUT2D eigenvalue weighted by atomic mass is 32.2. The molecule has 0 unspecified atom stereocenters. The van der Waals surface area contributed by atoms with E-state index in [0.29, 0.717) is 32.6 Å². The van der Waals surface area contributed by atoms with Crippen molar-refractivity contribution in [3.8, 4) is 0 Å². The summed E-state index contributed by atoms with van der Waals surface area (Å²) in [6.45, 7) is 5.62. The Morgan fingerprint density at radius 1 is 1.28 bits per heavy atom. The van der Waals surface area contributed by atoms with Gasteiger partial charge in [0.25, 0.3) is 10.2 Å². The molecular weight excluding hydrogens is 254 g/mol. The van der Waals surface area contributed by atoms with Gasteiger partial charge in [0.2, 0.25) is 0 Å². The van der Waals surface area contributed by atoms with Crippen LogP contribution in [0.15, 0.2) is 0 Å². The van der Waals surface area contributed by atoms with Crippen LogP contribution in [0.2, 0.25) is 0 Å². The van der Waals surface area contributed by atoms with E-state index < -0.39 is 15.8 Å². The molecule has 1 fully saturated rings. The first kappa shape index (κ1) is 15.8. The van der Waals surface area contributed by atoms with Gasteiger partial charge in [-0.15, -0.1) is 0 Å². The average molecular weight is 279 g/mol. The van der Waals surface area contributed by atoms with Crippen molar-refractivity contribution in [2.24, 2.45) is 0 Å². The fraction of sp³-hybridized carbons (Fsp3) is 1.00. The van der Waals surface area contributed by atoms with Gasteiger partial charge >= 0.3 is 0 Å². The van der Waals surface area contributed by atoms with Gasteiger partial charge in [-0.1, -0.05) is 13.8 Å². The van der Waals surface area contributed by atoms with E-state index in [4.69, 9.17) is 0 Å². The molecule has 1 heterocycles. The molecule has 0 spiro atoms. The first-order valence-corrected chi connectivity index (χ1v) is 7.77. The minimum Gasteiger partial charge on any atom is -0.387 e. The van der Waals surface area contributed by atoms with Gasteiger partial charge in [0.05, 0.1) is 5.60 Å². The second kappa shape index (κ2) is 5.83. The Hall–Kier alpha value is -0.210. The van der Waals surface area contributed by atoms with Crippen molar-refractivity contribution in [2.45, 2.75) is 25.9 Å². The molecule has 1 N–H and O–H groups in total. The Kier molecular flexibility index (Phi) is 5.13. The van der Waals surface area contributed by atoms with E-state index in [1.807, 2.05) is 32.8 Å². The van der Waals surface area contributed by atoms with Crippen LogP contribution in [0.5, 0.6) is 0 Å². The Labute approximate surface area is 110 Å². The molecule has 1 aliphatic rings. The Morgan fingerprint density at radius 3 is 2.28 bits per heavy atom. The lowest BCUT2D eigenvalue weighted by Crippen LogP contribution is -2.47. The molecule has 18 heavy (non-hydrogen) atoms. The van der Waals surface area contributed by atoms with Gasteiger partial charge in [0.1, 0.15) is 0 Å². The number of likely N-dealkylation sites (N-methyl/N-ethyl adjacent to an activating group) is 1. The molecule has 0 aliphatic carbocycles. The summed E-state index contributed by atoms with van der Waals surface area (Å²) in [6, 6.07) is 0. The van der Waals surface area contributed by atoms with Crippen molar-refractivity contribution < 1.29 is 13.5 Å². The highest BCUT2D eigenvalue weighted by molar-refractivity contribution is 7.86. The van der Waals surface area contributed by atoms with Crippen LogP contribution in [0.1, 0.15) is 20.3 Å². The predicted molar refractivity (Wildman–Crippen MR) is 71.5 cm³/mol. The van der Waals surface area contributed by atoms with Crippen molar-refractivity contribution in [3.63, 3.8) is 0 Å². The van der Waals surface area contributed by atoms with Gasteiger partial charge in [-0.2, -0.15) is 17.0 Å². The van der Waals surface area contributed by atoms with Crippen LogP contribution >= 0.6 is 0 Å². The van der Waals surface area contributed by atoms with Crippen LogP contribution < -0.4 is 0 Å². The zero-order chi connectivity index (χ0) is 14.0. The van der Waals surface area contributed by atoms with Gasteiger partial charge in [0.15, 0.2) is 0 Å². The zero-order valence-corrected chi connectivity index (χ0v) is 12.6. The molecule has 0 radical (unpaired) electrons. The van der Waals surface area contributed by atoms with Crippen LogP contribution in [0.25, 0.3) is 0 Å². The maximum Gasteiger partial charge on any atom is 0.282 e. The summed E-state index contributed by atoms with van der Waals surface area (Å²) < 4.78 is 27.4. The van der Waals surface area contributed by atoms with Gasteiger partial charge in [-0.05, 0) is 20.5 Å². The third-order valence-corrected chi connectivity index (χ3v) is 5.40. The van der Waals surface area contributed by atoms with Crippen LogP contribution in [-0.2, 0) is 10.2 Å². The molecule has 6 nitrogen and oxygen atoms in total. The van der Waals surface area contributed by atoms with E-state index in [2.05, 4.69) is 0 Å². The van der Waals surface area contributed by atoms with Crippen molar-refractivity contribution >= 4 is 10.2 Å². The normalized spacial score (nSPS) is 26.4. The summed E-state index contributed by atoms with van der Waals surface area (Å²) in [6.07, 6.45) is 0.492. The minimum absolute atomic E-state index is 0.185. The Bertz CT molecular complexity index is 368. The van der Waals surface area contributed by atoms with E-state index in [-0.39, 0.29) is 6.54 Å². The maximum atomic E-state index is 12.3. The van der Waals surface area contributed by atoms with Crippen LogP contribution in [0.3, 0.4) is 0 Å². The van der Waals surface area contributed by atoms with E-state index in [0.717, 1.165) is 0 Å². The highest BCUT2D eigenvalue weighted by Gasteiger charge is 2.42. The molecule has 1 rings (SSSR count). The molecule has 0 amide bonds. The fourth-order valence-electron chi connectivity index (χ4n) is 2.45. The third-order valence-electron chi connectivity index (χ3n) is 3.27. The molecule has 0 aromatic heterocycles. The molecule has 1 aliphatic heterocycles. The molecule has 1 atom stereocenters. The van der Waals surface area contributed by atoms with Gasteiger partial charge < -0.3 is 10.0 Å². The number of rotatable bonds is 6. The SMILES string of the molecule is CCN(CC)S(=O)(=O)N1CC[C@@](O)(CN(C)C)C1. The molecule has 1 saturated heterocycles. The molecule has 108 valence electrons. The van der Waals surface area contributed by atoms with Crippen molar-refractivity contribution in [1.29, 1.82) is 0 Å². The van der Waals surface area contributed by atoms with Crippen LogP contribution in [0, 0.1) is 0 Å². The van der Waals surface area contributed by atoms with E-state index in [1.165, 1.54) is 8.61 Å². The predicted octanol–water partition coefficient (Wildman–Crippen LogP) is -0.429. The third kappa shape index (κ3) is 3.42. The maximum absolute atomic E-state index is 12.3. The summed E-state index contributed by atoms with van der Waals surface area (Å²) in [4.78, 5) is 1.88. The van der Waals surface area contributed by atoms with Crippen LogP contribution in [-0.4, -0.2) is 79.5 Å². The highest BCUT2D eigenvalue weighted by Crippen LogP contribution is 2.25. The summed E-state index contributed by atoms with van der Waals surface area (Å²) >= 11 is 0. The Balaban J connectivity index is 2.77. The first-order valence-electron chi connectivity index (χ1n) is 6.37. The topological polar surface area (TPSA) is 64.1 Å². The van der Waals surface area contributed by atoms with E-state index in [1.54, 1.807) is 0 Å². The standard InChI is InChI=1S/C11H25N3O3S/c1-5-13(6-2)18(16,17)14-8-7-11(15,10-14)9-12(3)4/h15H,5-10H2,1-4H3/t11-/m1/s1. The lowest BCUT2D eigenvalue weighted by Gasteiger charge is -2.28. The van der Waals surface area contributed by atoms with Gasteiger partial charge in [-0.25, -0.2) is 0 Å². The number of β-amino-alcohol motifs (C(OH)–C–C–N with tert-alkyl or cyclic N) is 1. The lowest BCUT2D eigenvalue weighted by molar-refractivity contribution is 0.0299. The summed E-state index contributed by atoms with van der Waals surface area (Å²) in [5, 5.41) is 10.4. The average Bonchev–Trinajstić information content (AvgIpc) is 2.61. The summed E-state index contributed by atoms with van der Waals surface area (Å²) in [5.41, 5.74) is -0.927. The molecule has 0 aromatic rings. The summed E-state index contributed by atoms with van der Waals surface area (Å²) in [5.74, 6) is 0. The number of hydrogen-bond acceptors (Lipinski definition) is 4. The minimum atomic E-state index is -3.42. The quantitative estimate of drug-likeness (QED) is 0.717. The molecule has 0 bridgehead atoms. The van der Waals surface area contributed by atoms with Crippen LogP contribution in [0.4, 0.5) is 0 Å². The monoisotopic (exact) mass is 279 g/mol. The molecule has 0 aromatic carbocycles. The molecule has 0 saturated carbocycles. The Morgan fingerprint density at radius 2 is 1.83 bits per heavy atom. The van der Waals surface area contributed by atoms with Gasteiger partial charge in [0, 0.05) is 32.7 Å². The second-order valence-corrected chi connectivity index (χ2v) is 7.07. The number of hydrogen-bond donors (Lipinski definition) is 1. The van der Waals surface area contributed by atoms with Crippen molar-refractivity contribution in [3.05, 3.63) is 0 Å². The van der Waals surface area contributed by atoms with Crippen molar-refractivity contribution in [1.82, 2.24) is 13.5 Å². The molecule has 7 heteroatoms. The number of nitrogens with zero attached hydrogens (tertiary/aromatic N) is 3. The lowest BCUT2D eigenvalue weighted by atomic mass is 10.0. The summed E-state index contributed by atoms with van der Waals surface area (Å²) in [7, 11) is 0.329. The zero-order valence-electron chi connectivity index (χ0n) is 11.8. The van der Waals surface area contributed by atoms with E-state index >= 15 is 0 Å². The second-order valence-electron chi connectivity index (χ2n) is 5.14. The van der Waals surface area contributed by atoms with E-state index in [9.17, 15) is 13.5 Å².